The minimum atomic E-state index is -6.42. The Morgan fingerprint density at radius 2 is 0.809 bits per heavy atom. The van der Waals surface area contributed by atoms with E-state index >= 15 is 0 Å². The number of aliphatic carboxylic acids is 1. The molecule has 0 bridgehead atoms. The lowest BCUT2D eigenvalue weighted by Gasteiger charge is -2.50. The monoisotopic (exact) mass is 1620 g/mol. The molecular weight excluding hydrogens is 1480 g/mol. The third kappa shape index (κ3) is 42.2. The molecule has 3 rings (SSSR count). The molecule has 0 spiro atoms. The molecule has 3 aliphatic heterocycles. The number of nitrogens with one attached hydrogen (secondary N) is 2. The van der Waals surface area contributed by atoms with E-state index in [1.165, 1.54) is 0 Å². The Hall–Kier alpha value is -2.99. The molecule has 3 fully saturated rings. The fourth-order valence-electron chi connectivity index (χ4n) is 14.3. The van der Waals surface area contributed by atoms with E-state index in [0.29, 0.717) is 38.5 Å². The van der Waals surface area contributed by atoms with E-state index in [9.17, 15) is 98.6 Å². The molecule has 2 amide bonds. The van der Waals surface area contributed by atoms with E-state index in [0.717, 1.165) is 193 Å². The first-order chi connectivity index (χ1) is 52.4. The van der Waals surface area contributed by atoms with Gasteiger partial charge >= 0.3 is 11.9 Å². The van der Waals surface area contributed by atoms with Gasteiger partial charge in [-0.25, -0.2) is 0 Å². The number of aliphatic hydroxyl groups is 8. The number of rotatable bonds is 65. The molecule has 0 aromatic heterocycles. The van der Waals surface area contributed by atoms with E-state index in [2.05, 4.69) is 44.1 Å². The fraction of sp³-hybridized carbons (Fsp3) is 0.934. The molecule has 0 aliphatic carbocycles. The molecule has 646 valence electrons. The highest BCUT2D eigenvalue weighted by Gasteiger charge is 2.56. The first kappa shape index (κ1) is 101. The molecule has 3 aliphatic rings. The van der Waals surface area contributed by atoms with E-state index < -0.39 is 213 Å². The molecular formula is C76H139N3O29P2-4. The predicted octanol–water partition coefficient (Wildman–Crippen LogP) is 3.93. The second-order valence-corrected chi connectivity index (χ2v) is 32.7. The minimum Gasteiger partial charge on any atom is -0.790 e. The van der Waals surface area contributed by atoms with Crippen molar-refractivity contribution in [3.8, 4) is 0 Å². The number of amides is 2. The molecule has 0 aromatic carbocycles. The standard InChI is InChI=1S/C76H143N3O29P2/c1-5-9-13-17-21-25-29-33-37-41-53(80)45-61(86)78-65-71(104-63(88)47-55(82)43-39-35-31-27-23-19-15-11-7-3)68(91)59(102-74(65)108-110(97,98)99)51-100-73-66(79-62(87)46-54(81)42-38-34-30-26-22-18-14-10-6-2)72(105-64(89)48-56(83)44-40-36-32-28-24-20-16-12-8-4)70(107-109(94,95)96)60(103-73)52-101-76(75(92)93)49-57(84)67(90)69(106-76)58(85)50-77/h53-60,65-74,80-85,90-91H,5-52,77H2,1-4H3,(H,78,86)(H,79,87)(H,92,93)(H2,94,95,96)(H2,97,98,99)/p-4/t53-,54-,55-,56-,57-,58-,59-,60-,65-,66-,67-,68-,69-,70-,71-,72-,73-,74-,76-/m1/s1. The Morgan fingerprint density at radius 3 is 1.17 bits per heavy atom. The Balaban J connectivity index is 2.21. The molecule has 110 heavy (non-hydrogen) atoms. The van der Waals surface area contributed by atoms with Gasteiger partial charge in [-0.15, -0.1) is 0 Å². The van der Waals surface area contributed by atoms with Gasteiger partial charge in [-0.1, -0.05) is 259 Å². The van der Waals surface area contributed by atoms with Gasteiger partial charge in [-0.05, 0) is 25.7 Å². The van der Waals surface area contributed by atoms with Gasteiger partial charge in [0.2, 0.25) is 17.6 Å². The Labute approximate surface area is 652 Å². The number of phosphoric ester groups is 2. The van der Waals surface area contributed by atoms with Crippen LogP contribution in [0.2, 0.25) is 0 Å². The van der Waals surface area contributed by atoms with Crippen molar-refractivity contribution in [1.29, 1.82) is 0 Å². The van der Waals surface area contributed by atoms with Crippen molar-refractivity contribution >= 4 is 45.4 Å². The van der Waals surface area contributed by atoms with Crippen LogP contribution in [0.25, 0.3) is 0 Å². The number of ether oxygens (including phenoxy) is 7. The summed E-state index contributed by atoms with van der Waals surface area (Å²) < 4.78 is 77.2. The maximum atomic E-state index is 14.5. The van der Waals surface area contributed by atoms with Gasteiger partial charge in [0.1, 0.15) is 67.3 Å². The SMILES string of the molecule is CCCCCCCCCCC[C@@H](O)CC(=O)N[C@H]1[C@H](OC[C@H]2O[C@H](OP(=O)([O-])[O-])[C@H](NC(=O)C[C@H](O)CCCCCCCCCCC)[C@@H](OC(=O)C[C@H](O)CCCCCCCCCCC)[C@@H]2O)O[C@H](CO[C@]2(C(=O)[O-])C[C@@H](O)[C@@H](O)[C@@H]([C@H](O)C[NH3+])O2)[C@@H](OP(=O)([O-])[O-])[C@@H]1OC(=O)C[C@H](O)CCCCCCCCCCC. The Morgan fingerprint density at radius 1 is 0.464 bits per heavy atom. The lowest BCUT2D eigenvalue weighted by atomic mass is 9.92. The minimum absolute atomic E-state index is 0.0501. The van der Waals surface area contributed by atoms with Crippen molar-refractivity contribution in [2.75, 3.05) is 19.8 Å². The molecule has 34 heteroatoms. The molecule has 0 radical (unpaired) electrons. The summed E-state index contributed by atoms with van der Waals surface area (Å²) in [6, 6.07) is -4.28. The summed E-state index contributed by atoms with van der Waals surface area (Å²) >= 11 is 0. The highest BCUT2D eigenvalue weighted by Crippen LogP contribution is 2.41. The smallest absolute Gasteiger partial charge is 0.308 e. The molecule has 0 aromatic rings. The van der Waals surface area contributed by atoms with E-state index in [-0.39, 0.29) is 25.7 Å². The Kier molecular flexibility index (Phi) is 52.6. The number of unbranched alkanes of at least 4 members (excludes halogenated alkanes) is 32. The largest absolute Gasteiger partial charge is 0.790 e. The second-order valence-electron chi connectivity index (χ2n) is 30.5. The molecule has 3 saturated heterocycles. The van der Waals surface area contributed by atoms with Crippen LogP contribution in [0.4, 0.5) is 0 Å². The zero-order valence-electron chi connectivity index (χ0n) is 66.1. The topological polar surface area (TPSA) is 531 Å². The molecule has 3 heterocycles. The van der Waals surface area contributed by atoms with Crippen molar-refractivity contribution in [2.24, 2.45) is 0 Å². The van der Waals surface area contributed by atoms with Gasteiger partial charge in [0, 0.05) is 6.42 Å². The zero-order chi connectivity index (χ0) is 81.5. The lowest BCUT2D eigenvalue weighted by Crippen LogP contribution is -2.70. The van der Waals surface area contributed by atoms with Crippen LogP contribution in [-0.4, -0.2) is 206 Å². The molecule has 0 unspecified atom stereocenters. The molecule has 13 N–H and O–H groups in total. The van der Waals surface area contributed by atoms with Gasteiger partial charge < -0.3 is 138 Å². The van der Waals surface area contributed by atoms with Gasteiger partial charge in [-0.3, -0.25) is 19.2 Å². The highest BCUT2D eigenvalue weighted by atomic mass is 31.2. The summed E-state index contributed by atoms with van der Waals surface area (Å²) in [5, 5.41) is 108. The molecule has 32 nitrogen and oxygen atoms in total. The third-order valence-corrected chi connectivity index (χ3v) is 21.6. The second kappa shape index (κ2) is 57.2. The maximum absolute atomic E-state index is 14.5. The number of hydrogen-bond donors (Lipinski definition) is 11. The summed E-state index contributed by atoms with van der Waals surface area (Å²) in [6.07, 6.45) is -1.85. The van der Waals surface area contributed by atoms with Crippen molar-refractivity contribution < 1.29 is 147 Å². The quantitative estimate of drug-likeness (QED) is 0.0233. The highest BCUT2D eigenvalue weighted by molar-refractivity contribution is 7.43. The number of carbonyl (C=O) groups is 5. The van der Waals surface area contributed by atoms with Crippen LogP contribution in [0.5, 0.6) is 0 Å². The number of carboxylic acids is 1. The van der Waals surface area contributed by atoms with Crippen molar-refractivity contribution in [3.05, 3.63) is 0 Å². The molecule has 19 atom stereocenters. The number of carbonyl (C=O) groups excluding carboxylic acids is 5. The average molecular weight is 1620 g/mol. The third-order valence-electron chi connectivity index (χ3n) is 20.6. The average Bonchev–Trinajstić information content (AvgIpc) is 0.771. The van der Waals surface area contributed by atoms with Crippen LogP contribution in [0.15, 0.2) is 0 Å². The van der Waals surface area contributed by atoms with Crippen LogP contribution in [-0.2, 0) is 75.3 Å². The lowest BCUT2D eigenvalue weighted by molar-refractivity contribution is -0.416. The van der Waals surface area contributed by atoms with Gasteiger partial charge in [0.05, 0.1) is 85.1 Å². The summed E-state index contributed by atoms with van der Waals surface area (Å²) in [5.74, 6) is -10.1. The first-order valence-electron chi connectivity index (χ1n) is 41.5. The Bertz CT molecular complexity index is 2580. The number of carboxylic acid groups (broad SMARTS) is 1. The van der Waals surface area contributed by atoms with Gasteiger partial charge in [0.15, 0.2) is 24.8 Å². The van der Waals surface area contributed by atoms with E-state index in [1.807, 2.05) is 0 Å². The van der Waals surface area contributed by atoms with Gasteiger partial charge in [0.25, 0.3) is 0 Å². The van der Waals surface area contributed by atoms with Gasteiger partial charge in [-0.2, -0.15) is 0 Å². The van der Waals surface area contributed by atoms with Crippen LogP contribution < -0.4 is 41.0 Å². The normalized spacial score (nSPS) is 26.0. The number of quaternary nitrogens is 1. The number of esters is 2. The van der Waals surface area contributed by atoms with E-state index in [4.69, 9.17) is 42.2 Å². The van der Waals surface area contributed by atoms with Crippen LogP contribution in [0.1, 0.15) is 317 Å². The van der Waals surface area contributed by atoms with Crippen LogP contribution in [0.3, 0.4) is 0 Å². The van der Waals surface area contributed by atoms with Crippen molar-refractivity contribution in [1.82, 2.24) is 10.6 Å². The molecule has 0 saturated carbocycles. The number of hydrogen-bond acceptors (Lipinski definition) is 29. The van der Waals surface area contributed by atoms with Crippen molar-refractivity contribution in [2.45, 2.75) is 433 Å². The summed E-state index contributed by atoms with van der Waals surface area (Å²) in [4.78, 5) is 121. The van der Waals surface area contributed by atoms with E-state index in [1.54, 1.807) is 0 Å². The fourth-order valence-corrected chi connectivity index (χ4v) is 15.3. The predicted molar refractivity (Wildman–Crippen MR) is 393 cm³/mol. The maximum Gasteiger partial charge on any atom is 0.308 e. The zero-order valence-corrected chi connectivity index (χ0v) is 67.9. The van der Waals surface area contributed by atoms with Crippen LogP contribution in [0, 0.1) is 0 Å². The summed E-state index contributed by atoms with van der Waals surface area (Å²) in [6.45, 7) is 5.44. The van der Waals surface area contributed by atoms with Crippen LogP contribution >= 0.6 is 15.6 Å². The number of phosphoric acid groups is 2. The number of aliphatic hydroxyl groups excluding tert-OH is 8. The first-order valence-corrected chi connectivity index (χ1v) is 44.4. The summed E-state index contributed by atoms with van der Waals surface area (Å²) in [7, 11) is -12.7. The summed E-state index contributed by atoms with van der Waals surface area (Å²) in [5.41, 5.74) is 3.52. The van der Waals surface area contributed by atoms with Crippen molar-refractivity contribution in [3.63, 3.8) is 0 Å².